The van der Waals surface area contributed by atoms with Crippen molar-refractivity contribution in [3.8, 4) is 0 Å². The van der Waals surface area contributed by atoms with Crippen LogP contribution in [0, 0.1) is 6.92 Å². The van der Waals surface area contributed by atoms with Crippen molar-refractivity contribution in [3.05, 3.63) is 53.0 Å². The molecule has 1 aliphatic rings. The topological polar surface area (TPSA) is 66.7 Å². The summed E-state index contributed by atoms with van der Waals surface area (Å²) in [5.41, 5.74) is 1.96. The summed E-state index contributed by atoms with van der Waals surface area (Å²) in [4.78, 5) is 13.8. The highest BCUT2D eigenvalue weighted by Crippen LogP contribution is 2.31. The first-order chi connectivity index (χ1) is 13.2. The van der Waals surface area contributed by atoms with Gasteiger partial charge in [0.15, 0.2) is 0 Å². The molecule has 0 spiro atoms. The van der Waals surface area contributed by atoms with E-state index in [1.165, 1.54) is 12.0 Å². The van der Waals surface area contributed by atoms with Gasteiger partial charge in [0.25, 0.3) is 0 Å². The van der Waals surface area contributed by atoms with Crippen LogP contribution in [0.3, 0.4) is 0 Å². The molecule has 1 aliphatic heterocycles. The summed E-state index contributed by atoms with van der Waals surface area (Å²) < 4.78 is 48.7. The minimum atomic E-state index is -4.26. The third-order valence-corrected chi connectivity index (χ3v) is 4.44. The molecule has 2 heterocycles. The first-order valence-electron chi connectivity index (χ1n) is 8.78. The normalized spacial score (nSPS) is 15.3. The predicted molar refractivity (Wildman–Crippen MR) is 96.8 cm³/mol. The maximum absolute atomic E-state index is 12.7. The van der Waals surface area contributed by atoms with Gasteiger partial charge in [-0.2, -0.15) is 13.2 Å². The number of anilines is 1. The maximum atomic E-state index is 12.7. The van der Waals surface area contributed by atoms with Gasteiger partial charge in [0, 0.05) is 25.9 Å². The van der Waals surface area contributed by atoms with Crippen LogP contribution in [0.5, 0.6) is 0 Å². The molecule has 3 rings (SSSR count). The van der Waals surface area contributed by atoms with Crippen LogP contribution in [0.15, 0.2) is 34.7 Å². The van der Waals surface area contributed by atoms with Crippen molar-refractivity contribution in [2.24, 2.45) is 0 Å². The number of carbonyl (C=O) groups excluding carboxylic acids is 1. The molecule has 0 saturated carbocycles. The van der Waals surface area contributed by atoms with Crippen LogP contribution in [0.2, 0.25) is 0 Å². The van der Waals surface area contributed by atoms with Crippen molar-refractivity contribution in [3.63, 3.8) is 0 Å². The van der Waals surface area contributed by atoms with Gasteiger partial charge in [0.05, 0.1) is 13.2 Å². The summed E-state index contributed by atoms with van der Waals surface area (Å²) in [6.07, 6.45) is -4.26. The number of hydrogen-bond donors (Lipinski definition) is 2. The highest BCUT2D eigenvalue weighted by molar-refractivity contribution is 5.90. The summed E-state index contributed by atoms with van der Waals surface area (Å²) in [5, 5.41) is 5.51. The van der Waals surface area contributed by atoms with E-state index in [1.54, 1.807) is 37.3 Å². The Balaban J connectivity index is 1.68. The molecule has 28 heavy (non-hydrogen) atoms. The summed E-state index contributed by atoms with van der Waals surface area (Å²) >= 11 is 0. The summed E-state index contributed by atoms with van der Waals surface area (Å²) in [6, 6.07) is 7.74. The van der Waals surface area contributed by atoms with Gasteiger partial charge in [0.2, 0.25) is 0 Å². The van der Waals surface area contributed by atoms with Crippen molar-refractivity contribution in [2.45, 2.75) is 32.2 Å². The minimum Gasteiger partial charge on any atom is -0.464 e. The second-order valence-electron chi connectivity index (χ2n) is 6.76. The van der Waals surface area contributed by atoms with Crippen molar-refractivity contribution in [1.82, 2.24) is 10.2 Å². The van der Waals surface area contributed by atoms with Gasteiger partial charge in [-0.05, 0) is 36.2 Å². The molecule has 2 amide bonds. The molecule has 1 atom stereocenters. The molecule has 6 nitrogen and oxygen atoms in total. The highest BCUT2D eigenvalue weighted by atomic mass is 19.4. The fourth-order valence-electron chi connectivity index (χ4n) is 3.29. The van der Waals surface area contributed by atoms with Crippen LogP contribution >= 0.6 is 0 Å². The van der Waals surface area contributed by atoms with Crippen molar-refractivity contribution in [1.29, 1.82) is 0 Å². The second kappa shape index (κ2) is 8.24. The third-order valence-electron chi connectivity index (χ3n) is 4.44. The Bertz CT molecular complexity index is 835. The van der Waals surface area contributed by atoms with E-state index < -0.39 is 24.8 Å². The number of furan rings is 1. The maximum Gasteiger partial charge on any atom is 0.401 e. The number of amides is 2. The van der Waals surface area contributed by atoms with Crippen molar-refractivity contribution >= 4 is 11.7 Å². The largest absolute Gasteiger partial charge is 0.464 e. The molecular formula is C19H22F3N3O3. The zero-order chi connectivity index (χ0) is 20.3. The van der Waals surface area contributed by atoms with E-state index in [0.29, 0.717) is 22.8 Å². The molecule has 0 radical (unpaired) electrons. The number of alkyl halides is 3. The minimum absolute atomic E-state index is 0.129. The number of rotatable bonds is 6. The second-order valence-corrected chi connectivity index (χ2v) is 6.76. The fourth-order valence-corrected chi connectivity index (χ4v) is 3.29. The molecule has 1 aromatic heterocycles. The van der Waals surface area contributed by atoms with E-state index in [2.05, 4.69) is 10.6 Å². The van der Waals surface area contributed by atoms with E-state index in [0.717, 1.165) is 5.56 Å². The van der Waals surface area contributed by atoms with E-state index in [9.17, 15) is 18.0 Å². The predicted octanol–water partition coefficient (Wildman–Crippen LogP) is 3.98. The Morgan fingerprint density at radius 1 is 1.29 bits per heavy atom. The number of carbonyl (C=O) groups is 1. The number of nitrogens with one attached hydrogen (secondary N) is 2. The number of benzene rings is 1. The number of urea groups is 1. The smallest absolute Gasteiger partial charge is 0.401 e. The first-order valence-corrected chi connectivity index (χ1v) is 8.78. The Hall–Kier alpha value is -2.52. The SMILES string of the molecule is COC[C@@H](NC(=O)Nc1cccc2c1CN(CC(F)(F)F)C2)c1ccc(C)o1. The lowest BCUT2D eigenvalue weighted by Gasteiger charge is -2.18. The van der Waals surface area contributed by atoms with E-state index in [-0.39, 0.29) is 19.7 Å². The molecular weight excluding hydrogens is 375 g/mol. The Morgan fingerprint density at radius 2 is 2.07 bits per heavy atom. The van der Waals surface area contributed by atoms with E-state index in [1.807, 2.05) is 0 Å². The quantitative estimate of drug-likeness (QED) is 0.774. The Morgan fingerprint density at radius 3 is 2.71 bits per heavy atom. The van der Waals surface area contributed by atoms with Gasteiger partial charge in [0.1, 0.15) is 17.6 Å². The summed E-state index contributed by atoms with van der Waals surface area (Å²) in [5.74, 6) is 1.27. The number of ether oxygens (including phenoxy) is 1. The molecule has 2 N–H and O–H groups in total. The third kappa shape index (κ3) is 5.05. The van der Waals surface area contributed by atoms with Gasteiger partial charge >= 0.3 is 12.2 Å². The number of fused-ring (bicyclic) bond motifs is 1. The van der Waals surface area contributed by atoms with Crippen LogP contribution < -0.4 is 10.6 Å². The standard InChI is InChI=1S/C19H22F3N3O3/c1-12-6-7-17(28-12)16(10-27-2)24-18(26)23-15-5-3-4-13-8-25(9-14(13)15)11-19(20,21)22/h3-7,16H,8-11H2,1-2H3,(H2,23,24,26)/t16-/m1/s1. The first kappa shape index (κ1) is 20.2. The van der Waals surface area contributed by atoms with E-state index in [4.69, 9.17) is 9.15 Å². The van der Waals surface area contributed by atoms with Crippen LogP contribution in [0.25, 0.3) is 0 Å². The van der Waals surface area contributed by atoms with E-state index >= 15 is 0 Å². The Labute approximate surface area is 160 Å². The number of aryl methyl sites for hydroxylation is 1. The molecule has 0 bridgehead atoms. The summed E-state index contributed by atoms with van der Waals surface area (Å²) in [7, 11) is 1.52. The number of nitrogens with zero attached hydrogens (tertiary/aromatic N) is 1. The van der Waals surface area contributed by atoms with Crippen LogP contribution in [0.4, 0.5) is 23.7 Å². The number of halogens is 3. The molecule has 0 fully saturated rings. The lowest BCUT2D eigenvalue weighted by atomic mass is 10.1. The van der Waals surface area contributed by atoms with Gasteiger partial charge in [-0.1, -0.05) is 12.1 Å². The number of methoxy groups -OCH3 is 1. The average Bonchev–Trinajstić information content (AvgIpc) is 3.19. The molecule has 0 aliphatic carbocycles. The van der Waals surface area contributed by atoms with Crippen LogP contribution in [-0.2, 0) is 17.8 Å². The highest BCUT2D eigenvalue weighted by Gasteiger charge is 2.34. The molecule has 9 heteroatoms. The van der Waals surface area contributed by atoms with Gasteiger partial charge in [-0.25, -0.2) is 4.79 Å². The lowest BCUT2D eigenvalue weighted by molar-refractivity contribution is -0.146. The van der Waals surface area contributed by atoms with Gasteiger partial charge < -0.3 is 19.8 Å². The average molecular weight is 397 g/mol. The zero-order valence-corrected chi connectivity index (χ0v) is 15.6. The van der Waals surface area contributed by atoms with Crippen LogP contribution in [-0.4, -0.2) is 37.4 Å². The van der Waals surface area contributed by atoms with Gasteiger partial charge in [-0.3, -0.25) is 4.90 Å². The van der Waals surface area contributed by atoms with Crippen molar-refractivity contribution in [2.75, 3.05) is 25.6 Å². The molecule has 152 valence electrons. The van der Waals surface area contributed by atoms with Gasteiger partial charge in [-0.15, -0.1) is 0 Å². The monoisotopic (exact) mass is 397 g/mol. The fraction of sp³-hybridized carbons (Fsp3) is 0.421. The van der Waals surface area contributed by atoms with Crippen molar-refractivity contribution < 1.29 is 27.1 Å². The lowest BCUT2D eigenvalue weighted by Crippen LogP contribution is -2.35. The molecule has 0 unspecified atom stereocenters. The van der Waals surface area contributed by atoms with Crippen LogP contribution in [0.1, 0.15) is 28.7 Å². The Kier molecular flexibility index (Phi) is 5.95. The number of hydrogen-bond acceptors (Lipinski definition) is 4. The summed E-state index contributed by atoms with van der Waals surface area (Å²) in [6.45, 7) is 1.36. The molecule has 2 aromatic rings. The zero-order valence-electron chi connectivity index (χ0n) is 15.6. The molecule has 1 aromatic carbocycles. The molecule has 0 saturated heterocycles.